The van der Waals surface area contributed by atoms with Gasteiger partial charge in [-0.1, -0.05) is 28.1 Å². The fourth-order valence-corrected chi connectivity index (χ4v) is 2.96. The third kappa shape index (κ3) is 2.35. The molecule has 0 saturated carbocycles. The number of nitrogens with two attached hydrogens (primary N) is 1. The number of aromatic nitrogens is 2. The first-order valence-electron chi connectivity index (χ1n) is 6.28. The van der Waals surface area contributed by atoms with Crippen molar-refractivity contribution in [2.45, 2.75) is 31.8 Å². The minimum Gasteiger partial charge on any atom is -0.333 e. The Kier molecular flexibility index (Phi) is 3.22. The Morgan fingerprint density at radius 3 is 3.11 bits per heavy atom. The van der Waals surface area contributed by atoms with Gasteiger partial charge in [-0.3, -0.25) is 0 Å². The van der Waals surface area contributed by atoms with Gasteiger partial charge in [0.25, 0.3) is 0 Å². The van der Waals surface area contributed by atoms with Gasteiger partial charge in [-0.2, -0.15) is 0 Å². The number of nitrogens with zero attached hydrogens (tertiary/aromatic N) is 2. The number of aryl methyl sites for hydroxylation is 1. The first-order valence-corrected chi connectivity index (χ1v) is 7.07. The quantitative estimate of drug-likeness (QED) is 0.927. The normalized spacial score (nSPS) is 18.7. The second-order valence-electron chi connectivity index (χ2n) is 4.84. The maximum atomic E-state index is 6.09. The van der Waals surface area contributed by atoms with Crippen LogP contribution in [0.1, 0.15) is 36.0 Å². The van der Waals surface area contributed by atoms with E-state index in [0.29, 0.717) is 0 Å². The van der Waals surface area contributed by atoms with Crippen molar-refractivity contribution in [2.24, 2.45) is 5.73 Å². The number of imidazole rings is 1. The van der Waals surface area contributed by atoms with Crippen molar-refractivity contribution in [1.29, 1.82) is 0 Å². The second-order valence-corrected chi connectivity index (χ2v) is 5.75. The molecule has 3 rings (SSSR count). The van der Waals surface area contributed by atoms with Crippen molar-refractivity contribution in [1.82, 2.24) is 9.55 Å². The number of halogens is 1. The Morgan fingerprint density at radius 1 is 1.44 bits per heavy atom. The third-order valence-corrected chi connectivity index (χ3v) is 3.87. The molecule has 2 N–H and O–H groups in total. The van der Waals surface area contributed by atoms with E-state index >= 15 is 0 Å². The molecule has 0 amide bonds. The largest absolute Gasteiger partial charge is 0.333 e. The van der Waals surface area contributed by atoms with Gasteiger partial charge in [-0.05, 0) is 30.5 Å². The minimum atomic E-state index is 0.106. The first kappa shape index (κ1) is 11.9. The molecule has 4 heteroatoms. The predicted octanol–water partition coefficient (Wildman–Crippen LogP) is 3.03. The molecule has 0 saturated heterocycles. The summed E-state index contributed by atoms with van der Waals surface area (Å²) in [6, 6.07) is 8.47. The van der Waals surface area contributed by atoms with Crippen LogP contribution in [0.2, 0.25) is 0 Å². The van der Waals surface area contributed by atoms with Gasteiger partial charge in [0.1, 0.15) is 5.82 Å². The van der Waals surface area contributed by atoms with Crippen molar-refractivity contribution < 1.29 is 0 Å². The molecule has 0 aliphatic carbocycles. The molecule has 1 atom stereocenters. The molecule has 2 aromatic rings. The first-order chi connectivity index (χ1) is 8.72. The van der Waals surface area contributed by atoms with Crippen LogP contribution in [0.25, 0.3) is 0 Å². The molecular formula is C14H16BrN3. The lowest BCUT2D eigenvalue weighted by atomic mass is 10.1. The fraction of sp³-hybridized carbons (Fsp3) is 0.357. The highest BCUT2D eigenvalue weighted by Crippen LogP contribution is 2.23. The summed E-state index contributed by atoms with van der Waals surface area (Å²) in [5.74, 6) is 1.05. The van der Waals surface area contributed by atoms with Crippen LogP contribution in [0, 0.1) is 0 Å². The summed E-state index contributed by atoms with van der Waals surface area (Å²) in [7, 11) is 0. The highest BCUT2D eigenvalue weighted by molar-refractivity contribution is 9.10. The molecule has 1 aromatic carbocycles. The maximum Gasteiger partial charge on any atom is 0.125 e. The van der Waals surface area contributed by atoms with Gasteiger partial charge in [0, 0.05) is 23.6 Å². The molecule has 0 radical (unpaired) electrons. The van der Waals surface area contributed by atoms with E-state index in [4.69, 9.17) is 5.73 Å². The number of hydrogen-bond acceptors (Lipinski definition) is 2. The van der Waals surface area contributed by atoms with Crippen LogP contribution in [0.4, 0.5) is 0 Å². The monoisotopic (exact) mass is 305 g/mol. The number of fused-ring (bicyclic) bond motifs is 1. The highest BCUT2D eigenvalue weighted by Gasteiger charge is 2.19. The van der Waals surface area contributed by atoms with E-state index in [2.05, 4.69) is 49.9 Å². The zero-order valence-corrected chi connectivity index (χ0v) is 11.7. The molecule has 3 nitrogen and oxygen atoms in total. The minimum absolute atomic E-state index is 0.106. The van der Waals surface area contributed by atoms with Crippen LogP contribution in [0.5, 0.6) is 0 Å². The maximum absolute atomic E-state index is 6.09. The Labute approximate surface area is 115 Å². The topological polar surface area (TPSA) is 43.8 Å². The van der Waals surface area contributed by atoms with Crippen molar-refractivity contribution in [3.8, 4) is 0 Å². The summed E-state index contributed by atoms with van der Waals surface area (Å²) in [4.78, 5) is 4.68. The molecule has 94 valence electrons. The van der Waals surface area contributed by atoms with Crippen molar-refractivity contribution in [2.75, 3.05) is 0 Å². The standard InChI is InChI=1S/C14H16BrN3/c15-11-4-1-3-10(7-11)8-12-9-18-6-2-5-13(16)14(18)17-12/h1,3-4,7,9,13H,2,5-6,8,16H2. The Hall–Kier alpha value is -1.13. The molecule has 1 aliphatic rings. The van der Waals surface area contributed by atoms with E-state index in [1.165, 1.54) is 5.56 Å². The van der Waals surface area contributed by atoms with E-state index in [1.54, 1.807) is 0 Å². The molecule has 1 aromatic heterocycles. The van der Waals surface area contributed by atoms with Crippen molar-refractivity contribution in [3.63, 3.8) is 0 Å². The van der Waals surface area contributed by atoms with Gasteiger partial charge in [-0.15, -0.1) is 0 Å². The summed E-state index contributed by atoms with van der Waals surface area (Å²) in [5, 5.41) is 0. The lowest BCUT2D eigenvalue weighted by molar-refractivity contribution is 0.451. The number of hydrogen-bond donors (Lipinski definition) is 1. The van der Waals surface area contributed by atoms with Gasteiger partial charge in [0.15, 0.2) is 0 Å². The molecule has 2 heterocycles. The average Bonchev–Trinajstić information content (AvgIpc) is 2.73. The summed E-state index contributed by atoms with van der Waals surface area (Å²) < 4.78 is 3.32. The zero-order valence-electron chi connectivity index (χ0n) is 10.1. The van der Waals surface area contributed by atoms with Crippen molar-refractivity contribution >= 4 is 15.9 Å². The summed E-state index contributed by atoms with van der Waals surface area (Å²) in [6.45, 7) is 1.05. The van der Waals surface area contributed by atoms with Crippen molar-refractivity contribution in [3.05, 3.63) is 52.0 Å². The van der Waals surface area contributed by atoms with E-state index in [1.807, 2.05) is 6.07 Å². The molecular weight excluding hydrogens is 290 g/mol. The second kappa shape index (κ2) is 4.86. The van der Waals surface area contributed by atoms with Crippen LogP contribution in [0.15, 0.2) is 34.9 Å². The van der Waals surface area contributed by atoms with E-state index in [9.17, 15) is 0 Å². The molecule has 1 aliphatic heterocycles. The van der Waals surface area contributed by atoms with Crippen LogP contribution < -0.4 is 5.73 Å². The molecule has 0 fully saturated rings. The molecule has 0 bridgehead atoms. The lowest BCUT2D eigenvalue weighted by Gasteiger charge is -2.19. The van der Waals surface area contributed by atoms with E-state index in [0.717, 1.165) is 41.8 Å². The van der Waals surface area contributed by atoms with E-state index < -0.39 is 0 Å². The van der Waals surface area contributed by atoms with Gasteiger partial charge in [0.05, 0.1) is 11.7 Å². The van der Waals surface area contributed by atoms with Crippen LogP contribution in [-0.4, -0.2) is 9.55 Å². The third-order valence-electron chi connectivity index (χ3n) is 3.38. The molecule has 18 heavy (non-hydrogen) atoms. The van der Waals surface area contributed by atoms with Gasteiger partial charge >= 0.3 is 0 Å². The SMILES string of the molecule is NC1CCCn2cc(Cc3cccc(Br)c3)nc21. The Bertz CT molecular complexity index is 562. The smallest absolute Gasteiger partial charge is 0.125 e. The fourth-order valence-electron chi connectivity index (χ4n) is 2.51. The van der Waals surface area contributed by atoms with Gasteiger partial charge in [-0.25, -0.2) is 4.98 Å². The average molecular weight is 306 g/mol. The van der Waals surface area contributed by atoms with Gasteiger partial charge in [0.2, 0.25) is 0 Å². The predicted molar refractivity (Wildman–Crippen MR) is 75.3 cm³/mol. The highest BCUT2D eigenvalue weighted by atomic mass is 79.9. The summed E-state index contributed by atoms with van der Waals surface area (Å²) in [5.41, 5.74) is 8.47. The lowest BCUT2D eigenvalue weighted by Crippen LogP contribution is -2.21. The zero-order chi connectivity index (χ0) is 12.5. The Balaban J connectivity index is 1.85. The van der Waals surface area contributed by atoms with Gasteiger partial charge < -0.3 is 10.3 Å². The van der Waals surface area contributed by atoms with E-state index in [-0.39, 0.29) is 6.04 Å². The van der Waals surface area contributed by atoms with Crippen LogP contribution in [0.3, 0.4) is 0 Å². The number of rotatable bonds is 2. The Morgan fingerprint density at radius 2 is 2.33 bits per heavy atom. The molecule has 1 unspecified atom stereocenters. The number of benzene rings is 1. The summed E-state index contributed by atoms with van der Waals surface area (Å²) in [6.07, 6.45) is 5.22. The summed E-state index contributed by atoms with van der Waals surface area (Å²) >= 11 is 3.50. The molecule has 0 spiro atoms. The van der Waals surface area contributed by atoms with Crippen LogP contribution in [-0.2, 0) is 13.0 Å². The van der Waals surface area contributed by atoms with Crippen LogP contribution >= 0.6 is 15.9 Å².